The van der Waals surface area contributed by atoms with Crippen molar-refractivity contribution in [2.75, 3.05) is 6.61 Å². The lowest BCUT2D eigenvalue weighted by Crippen LogP contribution is -2.13. The number of ether oxygens (including phenoxy) is 2. The Morgan fingerprint density at radius 3 is 2.31 bits per heavy atom. The molecule has 0 saturated carbocycles. The number of hydrogen-bond donors (Lipinski definition) is 1. The summed E-state index contributed by atoms with van der Waals surface area (Å²) in [5.74, 6) is 1.56. The molecule has 0 spiro atoms. The lowest BCUT2D eigenvalue weighted by Gasteiger charge is -2.14. The fraction of sp³-hybridized carbons (Fsp3) is 0.227. The Bertz CT molecular complexity index is 792. The molecule has 0 fully saturated rings. The minimum Gasteiger partial charge on any atom is -0.490 e. The Labute approximate surface area is 154 Å². The van der Waals surface area contributed by atoms with E-state index in [1.807, 2.05) is 61.8 Å². The van der Waals surface area contributed by atoms with Crippen LogP contribution in [0.1, 0.15) is 23.6 Å². The SMILES string of the molecule is CCOc1cc(CNCc2ccncc2)ccc1OCc1ccccc1. The third-order valence-corrected chi connectivity index (χ3v) is 3.95. The van der Waals surface area contributed by atoms with Crippen molar-refractivity contribution in [2.45, 2.75) is 26.6 Å². The Balaban J connectivity index is 1.60. The van der Waals surface area contributed by atoms with E-state index in [4.69, 9.17) is 9.47 Å². The topological polar surface area (TPSA) is 43.4 Å². The smallest absolute Gasteiger partial charge is 0.161 e. The minimum atomic E-state index is 0.528. The van der Waals surface area contributed by atoms with Crippen molar-refractivity contribution in [1.82, 2.24) is 10.3 Å². The Morgan fingerprint density at radius 2 is 1.54 bits per heavy atom. The van der Waals surface area contributed by atoms with Crippen LogP contribution < -0.4 is 14.8 Å². The molecular formula is C22H24N2O2. The van der Waals surface area contributed by atoms with Crippen LogP contribution in [-0.2, 0) is 19.7 Å². The van der Waals surface area contributed by atoms with E-state index >= 15 is 0 Å². The summed E-state index contributed by atoms with van der Waals surface area (Å²) in [4.78, 5) is 4.03. The number of aromatic nitrogens is 1. The van der Waals surface area contributed by atoms with Crippen LogP contribution >= 0.6 is 0 Å². The first kappa shape index (κ1) is 18.0. The van der Waals surface area contributed by atoms with Crippen LogP contribution in [0.25, 0.3) is 0 Å². The molecule has 0 amide bonds. The van der Waals surface area contributed by atoms with E-state index < -0.39 is 0 Å². The molecule has 3 rings (SSSR count). The Hall–Kier alpha value is -2.85. The molecule has 1 aromatic heterocycles. The molecule has 3 aromatic rings. The van der Waals surface area contributed by atoms with Crippen LogP contribution in [0.3, 0.4) is 0 Å². The lowest BCUT2D eigenvalue weighted by molar-refractivity contribution is 0.269. The number of benzene rings is 2. The third-order valence-electron chi connectivity index (χ3n) is 3.95. The molecule has 0 aliphatic rings. The minimum absolute atomic E-state index is 0.528. The molecule has 134 valence electrons. The van der Waals surface area contributed by atoms with Crippen LogP contribution in [0.4, 0.5) is 0 Å². The fourth-order valence-corrected chi connectivity index (χ4v) is 2.64. The Morgan fingerprint density at radius 1 is 0.769 bits per heavy atom. The van der Waals surface area contributed by atoms with Crippen molar-refractivity contribution >= 4 is 0 Å². The Kier molecular flexibility index (Phi) is 6.62. The second-order valence-electron chi connectivity index (χ2n) is 5.95. The quantitative estimate of drug-likeness (QED) is 0.624. The van der Waals surface area contributed by atoms with Gasteiger partial charge in [-0.15, -0.1) is 0 Å². The van der Waals surface area contributed by atoms with E-state index in [-0.39, 0.29) is 0 Å². The van der Waals surface area contributed by atoms with Gasteiger partial charge in [-0.2, -0.15) is 0 Å². The van der Waals surface area contributed by atoms with Gasteiger partial charge in [0.15, 0.2) is 11.5 Å². The maximum atomic E-state index is 5.95. The van der Waals surface area contributed by atoms with Crippen molar-refractivity contribution in [2.24, 2.45) is 0 Å². The maximum absolute atomic E-state index is 5.95. The zero-order valence-corrected chi connectivity index (χ0v) is 15.0. The summed E-state index contributed by atoms with van der Waals surface area (Å²) in [5.41, 5.74) is 3.51. The van der Waals surface area contributed by atoms with Crippen LogP contribution in [0.15, 0.2) is 73.1 Å². The summed E-state index contributed by atoms with van der Waals surface area (Å²) in [6.07, 6.45) is 3.62. The van der Waals surface area contributed by atoms with E-state index in [2.05, 4.69) is 28.5 Å². The highest BCUT2D eigenvalue weighted by molar-refractivity contribution is 5.43. The van der Waals surface area contributed by atoms with Gasteiger partial charge >= 0.3 is 0 Å². The van der Waals surface area contributed by atoms with E-state index in [0.29, 0.717) is 13.2 Å². The second-order valence-corrected chi connectivity index (χ2v) is 5.95. The molecule has 2 aromatic carbocycles. The average molecular weight is 348 g/mol. The number of rotatable bonds is 9. The summed E-state index contributed by atoms with van der Waals surface area (Å²) in [7, 11) is 0. The highest BCUT2D eigenvalue weighted by Crippen LogP contribution is 2.29. The summed E-state index contributed by atoms with van der Waals surface area (Å²) in [6, 6.07) is 20.3. The second kappa shape index (κ2) is 9.59. The molecule has 0 radical (unpaired) electrons. The summed E-state index contributed by atoms with van der Waals surface area (Å²) in [5, 5.41) is 3.44. The van der Waals surface area contributed by atoms with Gasteiger partial charge in [0.05, 0.1) is 6.61 Å². The zero-order valence-electron chi connectivity index (χ0n) is 15.0. The number of nitrogens with zero attached hydrogens (tertiary/aromatic N) is 1. The standard InChI is InChI=1S/C22H24N2O2/c1-2-25-22-14-20(16-24-15-18-10-12-23-13-11-18)8-9-21(22)26-17-19-6-4-3-5-7-19/h3-14,24H,2,15-17H2,1H3. The molecule has 1 heterocycles. The van der Waals surface area contributed by atoms with Crippen LogP contribution in [0.2, 0.25) is 0 Å². The van der Waals surface area contributed by atoms with Crippen LogP contribution in [-0.4, -0.2) is 11.6 Å². The summed E-state index contributed by atoms with van der Waals surface area (Å²) >= 11 is 0. The molecule has 0 aliphatic carbocycles. The van der Waals surface area contributed by atoms with E-state index in [0.717, 1.165) is 35.7 Å². The third kappa shape index (κ3) is 5.33. The molecule has 0 unspecified atom stereocenters. The van der Waals surface area contributed by atoms with Gasteiger partial charge in [0.1, 0.15) is 6.61 Å². The summed E-state index contributed by atoms with van der Waals surface area (Å²) in [6.45, 7) is 4.69. The predicted molar refractivity (Wildman–Crippen MR) is 103 cm³/mol. The normalized spacial score (nSPS) is 10.5. The summed E-state index contributed by atoms with van der Waals surface area (Å²) < 4.78 is 11.7. The first-order valence-electron chi connectivity index (χ1n) is 8.87. The van der Waals surface area contributed by atoms with Crippen molar-refractivity contribution in [3.05, 3.63) is 89.7 Å². The van der Waals surface area contributed by atoms with Gasteiger partial charge in [0, 0.05) is 25.5 Å². The largest absolute Gasteiger partial charge is 0.490 e. The highest BCUT2D eigenvalue weighted by atomic mass is 16.5. The average Bonchev–Trinajstić information content (AvgIpc) is 2.69. The predicted octanol–water partition coefficient (Wildman–Crippen LogP) is 4.35. The molecule has 0 saturated heterocycles. The van der Waals surface area contributed by atoms with Crippen LogP contribution in [0.5, 0.6) is 11.5 Å². The number of pyridine rings is 1. The van der Waals surface area contributed by atoms with Crippen LogP contribution in [0, 0.1) is 0 Å². The van der Waals surface area contributed by atoms with Gasteiger partial charge in [-0.1, -0.05) is 36.4 Å². The van der Waals surface area contributed by atoms with Crippen molar-refractivity contribution < 1.29 is 9.47 Å². The van der Waals surface area contributed by atoms with Gasteiger partial charge in [0.2, 0.25) is 0 Å². The van der Waals surface area contributed by atoms with Gasteiger partial charge < -0.3 is 14.8 Å². The van der Waals surface area contributed by atoms with Crippen molar-refractivity contribution in [3.63, 3.8) is 0 Å². The van der Waals surface area contributed by atoms with Gasteiger partial charge in [-0.3, -0.25) is 4.98 Å². The molecule has 1 N–H and O–H groups in total. The fourth-order valence-electron chi connectivity index (χ4n) is 2.64. The van der Waals surface area contributed by atoms with E-state index in [1.165, 1.54) is 5.56 Å². The van der Waals surface area contributed by atoms with Gasteiger partial charge in [-0.05, 0) is 47.9 Å². The maximum Gasteiger partial charge on any atom is 0.161 e. The molecule has 0 bridgehead atoms. The first-order valence-corrected chi connectivity index (χ1v) is 8.87. The van der Waals surface area contributed by atoms with Crippen molar-refractivity contribution in [3.8, 4) is 11.5 Å². The molecule has 4 nitrogen and oxygen atoms in total. The molecule has 26 heavy (non-hydrogen) atoms. The van der Waals surface area contributed by atoms with Crippen molar-refractivity contribution in [1.29, 1.82) is 0 Å². The highest BCUT2D eigenvalue weighted by Gasteiger charge is 2.07. The van der Waals surface area contributed by atoms with Gasteiger partial charge in [0.25, 0.3) is 0 Å². The molecule has 0 atom stereocenters. The number of nitrogens with one attached hydrogen (secondary N) is 1. The molecule has 4 heteroatoms. The first-order chi connectivity index (χ1) is 12.8. The van der Waals surface area contributed by atoms with Gasteiger partial charge in [-0.25, -0.2) is 0 Å². The molecule has 0 aliphatic heterocycles. The molecular weight excluding hydrogens is 324 g/mol. The van der Waals surface area contributed by atoms with E-state index in [9.17, 15) is 0 Å². The zero-order chi connectivity index (χ0) is 18.0. The van der Waals surface area contributed by atoms with E-state index in [1.54, 1.807) is 0 Å². The number of hydrogen-bond acceptors (Lipinski definition) is 4. The monoisotopic (exact) mass is 348 g/mol. The lowest BCUT2D eigenvalue weighted by atomic mass is 10.2.